The summed E-state index contributed by atoms with van der Waals surface area (Å²) < 4.78 is 0. The molecule has 0 aromatic carbocycles. The van der Waals surface area contributed by atoms with Crippen LogP contribution in [0.2, 0.25) is 0 Å². The minimum atomic E-state index is -0.210. The summed E-state index contributed by atoms with van der Waals surface area (Å²) in [6, 6.07) is 2.58. The fraction of sp³-hybridized carbons (Fsp3) is 0.600. The predicted octanol–water partition coefficient (Wildman–Crippen LogP) is 2.24. The Morgan fingerprint density at radius 2 is 2.36 bits per heavy atom. The van der Waals surface area contributed by atoms with E-state index in [9.17, 15) is 0 Å². The van der Waals surface area contributed by atoms with E-state index in [0.29, 0.717) is 6.04 Å². The van der Waals surface area contributed by atoms with Crippen molar-refractivity contribution >= 4 is 11.3 Å². The van der Waals surface area contributed by atoms with Crippen molar-refractivity contribution < 1.29 is 0 Å². The van der Waals surface area contributed by atoms with Crippen LogP contribution in [0, 0.1) is 11.3 Å². The van der Waals surface area contributed by atoms with Gasteiger partial charge in [0.25, 0.3) is 0 Å². The van der Waals surface area contributed by atoms with Gasteiger partial charge in [-0.05, 0) is 12.8 Å². The molecule has 0 bridgehead atoms. The van der Waals surface area contributed by atoms with E-state index in [1.807, 2.05) is 5.38 Å². The third-order valence-corrected chi connectivity index (χ3v) is 3.43. The zero-order valence-corrected chi connectivity index (χ0v) is 8.76. The molecule has 74 valence electrons. The van der Waals surface area contributed by atoms with Gasteiger partial charge in [-0.15, -0.1) is 11.3 Å². The summed E-state index contributed by atoms with van der Waals surface area (Å²) in [6.07, 6.45) is 6.72. The highest BCUT2D eigenvalue weighted by molar-refractivity contribution is 7.09. The maximum absolute atomic E-state index is 9.01. The van der Waals surface area contributed by atoms with Crippen LogP contribution < -0.4 is 5.32 Å². The number of aromatic nitrogens is 1. The van der Waals surface area contributed by atoms with E-state index >= 15 is 0 Å². The van der Waals surface area contributed by atoms with Gasteiger partial charge in [0.05, 0.1) is 6.07 Å². The van der Waals surface area contributed by atoms with E-state index in [0.717, 1.165) is 5.01 Å². The van der Waals surface area contributed by atoms with Gasteiger partial charge >= 0.3 is 0 Å². The number of nitrogens with zero attached hydrogens (tertiary/aromatic N) is 2. The summed E-state index contributed by atoms with van der Waals surface area (Å²) in [5.74, 6) is 0. The summed E-state index contributed by atoms with van der Waals surface area (Å²) in [5, 5.41) is 15.2. The minimum absolute atomic E-state index is 0.210. The van der Waals surface area contributed by atoms with Crippen LogP contribution in [0.15, 0.2) is 11.6 Å². The predicted molar refractivity (Wildman–Crippen MR) is 55.9 cm³/mol. The molecule has 0 aliphatic heterocycles. The van der Waals surface area contributed by atoms with E-state index in [1.165, 1.54) is 25.7 Å². The Morgan fingerprint density at radius 3 is 2.93 bits per heavy atom. The average Bonchev–Trinajstić information content (AvgIpc) is 2.86. The maximum Gasteiger partial charge on any atom is 0.148 e. The Labute approximate surface area is 87.8 Å². The Hall–Kier alpha value is -0.920. The van der Waals surface area contributed by atoms with Gasteiger partial charge in [-0.2, -0.15) is 5.26 Å². The number of thiazole rings is 1. The largest absolute Gasteiger partial charge is 0.293 e. The molecule has 4 heteroatoms. The average molecular weight is 207 g/mol. The molecule has 0 saturated heterocycles. The maximum atomic E-state index is 9.01. The molecule has 1 fully saturated rings. The van der Waals surface area contributed by atoms with Crippen LogP contribution in [0.25, 0.3) is 0 Å². The van der Waals surface area contributed by atoms with Gasteiger partial charge in [0.2, 0.25) is 0 Å². The standard InChI is InChI=1S/C10H13N3S/c11-7-9(10-12-5-6-14-10)13-8-3-1-2-4-8/h5-6,8-9,13H,1-4H2. The Kier molecular flexibility index (Phi) is 3.12. The Bertz CT molecular complexity index is 309. The molecule has 0 radical (unpaired) electrons. The second-order valence-corrected chi connectivity index (χ2v) is 4.51. The monoisotopic (exact) mass is 207 g/mol. The lowest BCUT2D eigenvalue weighted by Crippen LogP contribution is -2.29. The van der Waals surface area contributed by atoms with Crippen LogP contribution in [0.1, 0.15) is 36.7 Å². The lowest BCUT2D eigenvalue weighted by molar-refractivity contribution is 0.491. The second-order valence-electron chi connectivity index (χ2n) is 3.58. The van der Waals surface area contributed by atoms with Crippen molar-refractivity contribution in [2.75, 3.05) is 0 Å². The van der Waals surface area contributed by atoms with Crippen molar-refractivity contribution in [1.29, 1.82) is 5.26 Å². The summed E-state index contributed by atoms with van der Waals surface area (Å²) in [5.41, 5.74) is 0. The zero-order valence-electron chi connectivity index (χ0n) is 7.94. The van der Waals surface area contributed by atoms with Gasteiger partial charge in [-0.1, -0.05) is 12.8 Å². The van der Waals surface area contributed by atoms with E-state index in [4.69, 9.17) is 5.26 Å². The molecule has 1 unspecified atom stereocenters. The Balaban J connectivity index is 1.97. The third-order valence-electron chi connectivity index (χ3n) is 2.59. The highest BCUT2D eigenvalue weighted by atomic mass is 32.1. The molecule has 0 amide bonds. The van der Waals surface area contributed by atoms with Crippen molar-refractivity contribution in [3.63, 3.8) is 0 Å². The summed E-state index contributed by atoms with van der Waals surface area (Å²) >= 11 is 1.54. The second kappa shape index (κ2) is 4.54. The zero-order chi connectivity index (χ0) is 9.80. The van der Waals surface area contributed by atoms with Crippen molar-refractivity contribution in [2.24, 2.45) is 0 Å². The topological polar surface area (TPSA) is 48.7 Å². The van der Waals surface area contributed by atoms with Crippen molar-refractivity contribution in [2.45, 2.75) is 37.8 Å². The minimum Gasteiger partial charge on any atom is -0.293 e. The molecule has 1 aliphatic rings. The third kappa shape index (κ3) is 2.11. The SMILES string of the molecule is N#CC(NC1CCCC1)c1nccs1. The lowest BCUT2D eigenvalue weighted by atomic mass is 10.2. The Morgan fingerprint density at radius 1 is 1.57 bits per heavy atom. The summed E-state index contributed by atoms with van der Waals surface area (Å²) in [6.45, 7) is 0. The molecule has 2 rings (SSSR count). The molecular weight excluding hydrogens is 194 g/mol. The van der Waals surface area contributed by atoms with Crippen molar-refractivity contribution in [3.8, 4) is 6.07 Å². The van der Waals surface area contributed by atoms with Crippen LogP contribution >= 0.6 is 11.3 Å². The van der Waals surface area contributed by atoms with Crippen molar-refractivity contribution in [3.05, 3.63) is 16.6 Å². The van der Waals surface area contributed by atoms with Gasteiger partial charge in [-0.25, -0.2) is 4.98 Å². The van der Waals surface area contributed by atoms with Gasteiger partial charge in [0.15, 0.2) is 0 Å². The lowest BCUT2D eigenvalue weighted by Gasteiger charge is -2.14. The van der Waals surface area contributed by atoms with Crippen LogP contribution in [0.3, 0.4) is 0 Å². The van der Waals surface area contributed by atoms with Gasteiger partial charge < -0.3 is 0 Å². The van der Waals surface area contributed by atoms with Crippen molar-refractivity contribution in [1.82, 2.24) is 10.3 Å². The summed E-state index contributed by atoms with van der Waals surface area (Å²) in [4.78, 5) is 4.16. The molecule has 0 spiro atoms. The first-order valence-corrected chi connectivity index (χ1v) is 5.83. The fourth-order valence-corrected chi connectivity index (χ4v) is 2.51. The molecule has 3 nitrogen and oxygen atoms in total. The van der Waals surface area contributed by atoms with Crippen LogP contribution in [0.5, 0.6) is 0 Å². The number of rotatable bonds is 3. The molecule has 1 atom stereocenters. The summed E-state index contributed by atoms with van der Waals surface area (Å²) in [7, 11) is 0. The van der Waals surface area contributed by atoms with Gasteiger partial charge in [0, 0.05) is 17.6 Å². The van der Waals surface area contributed by atoms with Crippen LogP contribution in [-0.2, 0) is 0 Å². The quantitative estimate of drug-likeness (QED) is 0.827. The molecule has 14 heavy (non-hydrogen) atoms. The van der Waals surface area contributed by atoms with Gasteiger partial charge in [-0.3, -0.25) is 5.32 Å². The molecule has 1 saturated carbocycles. The van der Waals surface area contributed by atoms with E-state index < -0.39 is 0 Å². The number of hydrogen-bond donors (Lipinski definition) is 1. The molecule has 1 aromatic heterocycles. The normalized spacial score (nSPS) is 19.4. The van der Waals surface area contributed by atoms with E-state index in [-0.39, 0.29) is 6.04 Å². The molecule has 1 heterocycles. The highest BCUT2D eigenvalue weighted by Crippen LogP contribution is 2.22. The smallest absolute Gasteiger partial charge is 0.148 e. The van der Waals surface area contributed by atoms with Crippen LogP contribution in [-0.4, -0.2) is 11.0 Å². The molecule has 1 aliphatic carbocycles. The highest BCUT2D eigenvalue weighted by Gasteiger charge is 2.21. The number of hydrogen-bond acceptors (Lipinski definition) is 4. The molecule has 1 aromatic rings. The van der Waals surface area contributed by atoms with Gasteiger partial charge in [0.1, 0.15) is 11.0 Å². The fourth-order valence-electron chi connectivity index (χ4n) is 1.87. The number of nitriles is 1. The first-order chi connectivity index (χ1) is 6.90. The first kappa shape index (κ1) is 9.63. The molecule has 1 N–H and O–H groups in total. The van der Waals surface area contributed by atoms with Crippen LogP contribution in [0.4, 0.5) is 0 Å². The van der Waals surface area contributed by atoms with E-state index in [1.54, 1.807) is 17.5 Å². The first-order valence-electron chi connectivity index (χ1n) is 4.95. The number of nitrogens with one attached hydrogen (secondary N) is 1. The van der Waals surface area contributed by atoms with E-state index in [2.05, 4.69) is 16.4 Å². The molecular formula is C10H13N3S.